The molecule has 33 heavy (non-hydrogen) atoms. The van der Waals surface area contributed by atoms with Gasteiger partial charge in [-0.2, -0.15) is 0 Å². The molecule has 2 aromatic rings. The van der Waals surface area contributed by atoms with E-state index in [2.05, 4.69) is 48.4 Å². The summed E-state index contributed by atoms with van der Waals surface area (Å²) in [6.07, 6.45) is 0. The van der Waals surface area contributed by atoms with E-state index in [1.165, 1.54) is 7.11 Å². The Bertz CT molecular complexity index is 942. The Hall–Kier alpha value is -3.23. The number of aromatic nitrogens is 1. The minimum absolute atomic E-state index is 0.243. The fraction of sp³-hybridized carbons (Fsp3) is 0.542. The maximum Gasteiger partial charge on any atom is 0.349 e. The standard InChI is InChI=1S/C24H36N4O5/c1-15(2)13-28(14-16(3)4)20-10-9-18(32-24(6,7)22(29)31-8)12-19(20)25-23(30)26-21-11-17(5)27-33-21/h9-12,15-16H,13-14H2,1-8H3,(H2,25,26,30). The number of amides is 2. The van der Waals surface area contributed by atoms with Crippen LogP contribution in [0.5, 0.6) is 5.75 Å². The SMILES string of the molecule is COC(=O)C(C)(C)Oc1ccc(N(CC(C)C)CC(C)C)c(NC(=O)Nc2cc(C)no2)c1. The van der Waals surface area contributed by atoms with Crippen LogP contribution in [0.15, 0.2) is 28.8 Å². The molecule has 0 saturated carbocycles. The van der Waals surface area contributed by atoms with Crippen molar-refractivity contribution in [2.75, 3.05) is 35.7 Å². The summed E-state index contributed by atoms with van der Waals surface area (Å²) in [5.74, 6) is 0.996. The van der Waals surface area contributed by atoms with Gasteiger partial charge in [-0.05, 0) is 44.7 Å². The predicted octanol–water partition coefficient (Wildman–Crippen LogP) is 5.08. The minimum Gasteiger partial charge on any atom is -0.476 e. The lowest BCUT2D eigenvalue weighted by molar-refractivity contribution is -0.156. The normalized spacial score (nSPS) is 11.5. The summed E-state index contributed by atoms with van der Waals surface area (Å²) in [7, 11) is 1.31. The summed E-state index contributed by atoms with van der Waals surface area (Å²) in [4.78, 5) is 27.0. The highest BCUT2D eigenvalue weighted by atomic mass is 16.6. The number of urea groups is 1. The Morgan fingerprint density at radius 2 is 1.73 bits per heavy atom. The minimum atomic E-state index is -1.19. The second-order valence-electron chi connectivity index (χ2n) is 9.39. The van der Waals surface area contributed by atoms with E-state index in [-0.39, 0.29) is 5.88 Å². The van der Waals surface area contributed by atoms with Crippen molar-refractivity contribution in [1.29, 1.82) is 0 Å². The smallest absolute Gasteiger partial charge is 0.349 e. The van der Waals surface area contributed by atoms with E-state index in [4.69, 9.17) is 14.0 Å². The maximum absolute atomic E-state index is 12.7. The zero-order valence-electron chi connectivity index (χ0n) is 20.8. The number of nitrogens with one attached hydrogen (secondary N) is 2. The lowest BCUT2D eigenvalue weighted by Crippen LogP contribution is -2.39. The number of aryl methyl sites for hydroxylation is 1. The summed E-state index contributed by atoms with van der Waals surface area (Å²) < 4.78 is 15.8. The molecule has 9 nitrogen and oxygen atoms in total. The van der Waals surface area contributed by atoms with E-state index in [0.717, 1.165) is 18.8 Å². The average molecular weight is 461 g/mol. The van der Waals surface area contributed by atoms with Crippen LogP contribution in [0.4, 0.5) is 22.1 Å². The van der Waals surface area contributed by atoms with Gasteiger partial charge in [0.25, 0.3) is 0 Å². The molecule has 0 fully saturated rings. The molecule has 0 bridgehead atoms. The van der Waals surface area contributed by atoms with Crippen LogP contribution in [0, 0.1) is 18.8 Å². The van der Waals surface area contributed by atoms with Gasteiger partial charge in [0.1, 0.15) is 5.75 Å². The first-order valence-corrected chi connectivity index (χ1v) is 11.1. The third-order valence-electron chi connectivity index (χ3n) is 4.64. The van der Waals surface area contributed by atoms with Gasteiger partial charge >= 0.3 is 12.0 Å². The zero-order valence-corrected chi connectivity index (χ0v) is 20.8. The summed E-state index contributed by atoms with van der Waals surface area (Å²) in [5, 5.41) is 9.31. The molecule has 2 rings (SSSR count). The van der Waals surface area contributed by atoms with Crippen LogP contribution >= 0.6 is 0 Å². The Balaban J connectivity index is 2.40. The lowest BCUT2D eigenvalue weighted by atomic mass is 10.1. The number of carbonyl (C=O) groups excluding carboxylic acids is 2. The first-order chi connectivity index (χ1) is 15.4. The van der Waals surface area contributed by atoms with Gasteiger partial charge in [-0.15, -0.1) is 0 Å². The predicted molar refractivity (Wildman–Crippen MR) is 129 cm³/mol. The molecule has 9 heteroatoms. The molecule has 2 amide bonds. The van der Waals surface area contributed by atoms with Crippen LogP contribution in [0.3, 0.4) is 0 Å². The van der Waals surface area contributed by atoms with Crippen molar-refractivity contribution in [2.24, 2.45) is 11.8 Å². The summed E-state index contributed by atoms with van der Waals surface area (Å²) in [6, 6.07) is 6.53. The van der Waals surface area contributed by atoms with E-state index in [1.54, 1.807) is 39.0 Å². The number of anilines is 3. The highest BCUT2D eigenvalue weighted by Crippen LogP contribution is 2.33. The second-order valence-corrected chi connectivity index (χ2v) is 9.39. The van der Waals surface area contributed by atoms with Crippen molar-refractivity contribution in [3.05, 3.63) is 30.0 Å². The Morgan fingerprint density at radius 3 is 2.24 bits per heavy atom. The molecule has 0 atom stereocenters. The van der Waals surface area contributed by atoms with Crippen molar-refractivity contribution in [2.45, 2.75) is 54.1 Å². The van der Waals surface area contributed by atoms with E-state index in [1.807, 2.05) is 6.07 Å². The molecule has 0 aliphatic rings. The molecule has 0 saturated heterocycles. The van der Waals surface area contributed by atoms with E-state index < -0.39 is 17.6 Å². The van der Waals surface area contributed by atoms with Crippen LogP contribution < -0.4 is 20.3 Å². The van der Waals surface area contributed by atoms with Gasteiger partial charge in [-0.25, -0.2) is 9.59 Å². The highest BCUT2D eigenvalue weighted by Gasteiger charge is 2.31. The van der Waals surface area contributed by atoms with Gasteiger partial charge in [0.15, 0.2) is 5.60 Å². The van der Waals surface area contributed by atoms with Crippen molar-refractivity contribution in [1.82, 2.24) is 5.16 Å². The summed E-state index contributed by atoms with van der Waals surface area (Å²) in [5.41, 5.74) is 0.863. The molecule has 0 radical (unpaired) electrons. The number of benzene rings is 1. The molecule has 182 valence electrons. The first kappa shape index (κ1) is 26.0. The summed E-state index contributed by atoms with van der Waals surface area (Å²) >= 11 is 0. The van der Waals surface area contributed by atoms with Gasteiger partial charge in [-0.1, -0.05) is 32.9 Å². The molecule has 0 aliphatic carbocycles. The second kappa shape index (κ2) is 11.1. The van der Waals surface area contributed by atoms with Crippen molar-refractivity contribution >= 4 is 29.3 Å². The Morgan fingerprint density at radius 1 is 1.09 bits per heavy atom. The molecule has 0 unspecified atom stereocenters. The molecule has 0 spiro atoms. The summed E-state index contributed by atoms with van der Waals surface area (Å²) in [6.45, 7) is 15.2. The van der Waals surface area contributed by atoms with E-state index in [0.29, 0.717) is 29.0 Å². The van der Waals surface area contributed by atoms with Crippen molar-refractivity contribution < 1.29 is 23.6 Å². The Labute approximate surface area is 195 Å². The van der Waals surface area contributed by atoms with Gasteiger partial charge in [-0.3, -0.25) is 5.32 Å². The molecule has 1 aromatic heterocycles. The number of ether oxygens (including phenoxy) is 2. The quantitative estimate of drug-likeness (QED) is 0.477. The number of hydrogen-bond acceptors (Lipinski definition) is 7. The van der Waals surface area contributed by atoms with Gasteiger partial charge in [0, 0.05) is 25.2 Å². The largest absolute Gasteiger partial charge is 0.476 e. The third kappa shape index (κ3) is 7.69. The molecule has 0 aliphatic heterocycles. The molecular weight excluding hydrogens is 424 g/mol. The molecule has 1 aromatic carbocycles. The fourth-order valence-corrected chi connectivity index (χ4v) is 3.38. The topological polar surface area (TPSA) is 106 Å². The Kier molecular flexibility index (Phi) is 8.73. The van der Waals surface area contributed by atoms with Crippen LogP contribution in [0.25, 0.3) is 0 Å². The zero-order chi connectivity index (χ0) is 24.8. The number of rotatable bonds is 10. The van der Waals surface area contributed by atoms with E-state index in [9.17, 15) is 9.59 Å². The highest BCUT2D eigenvalue weighted by molar-refractivity contribution is 6.01. The molecular formula is C24H36N4O5. The maximum atomic E-state index is 12.7. The van der Waals surface area contributed by atoms with Crippen molar-refractivity contribution in [3.63, 3.8) is 0 Å². The first-order valence-electron chi connectivity index (χ1n) is 11.1. The number of hydrogen-bond donors (Lipinski definition) is 2. The van der Waals surface area contributed by atoms with Gasteiger partial charge < -0.3 is 24.2 Å². The van der Waals surface area contributed by atoms with Crippen LogP contribution in [-0.4, -0.2) is 43.0 Å². The van der Waals surface area contributed by atoms with Crippen LogP contribution in [0.1, 0.15) is 47.2 Å². The number of esters is 1. The third-order valence-corrected chi connectivity index (χ3v) is 4.64. The fourth-order valence-electron chi connectivity index (χ4n) is 3.38. The number of nitrogens with zero attached hydrogens (tertiary/aromatic N) is 2. The van der Waals surface area contributed by atoms with Gasteiger partial charge in [0.05, 0.1) is 24.2 Å². The molecule has 2 N–H and O–H groups in total. The number of methoxy groups -OCH3 is 1. The van der Waals surface area contributed by atoms with Crippen LogP contribution in [-0.2, 0) is 9.53 Å². The van der Waals surface area contributed by atoms with E-state index >= 15 is 0 Å². The van der Waals surface area contributed by atoms with Crippen molar-refractivity contribution in [3.8, 4) is 5.75 Å². The average Bonchev–Trinajstić information content (AvgIpc) is 3.10. The lowest BCUT2D eigenvalue weighted by Gasteiger charge is -2.31. The number of carbonyl (C=O) groups is 2. The molecule has 1 heterocycles. The van der Waals surface area contributed by atoms with Gasteiger partial charge in [0.2, 0.25) is 5.88 Å². The monoisotopic (exact) mass is 460 g/mol. The van der Waals surface area contributed by atoms with Crippen LogP contribution in [0.2, 0.25) is 0 Å².